The van der Waals surface area contributed by atoms with Crippen LogP contribution in [0.4, 0.5) is 10.5 Å². The quantitative estimate of drug-likeness (QED) is 0.654. The highest BCUT2D eigenvalue weighted by Gasteiger charge is 2.35. The minimum atomic E-state index is -1.44. The molecule has 0 aliphatic heterocycles. The Morgan fingerprint density at radius 3 is 2.33 bits per heavy atom. The minimum Gasteiger partial charge on any atom is -0.465 e. The molecule has 5 heteroatoms. The number of amides is 1. The Morgan fingerprint density at radius 1 is 1.40 bits per heavy atom. The molecule has 0 aliphatic rings. The van der Waals surface area contributed by atoms with Gasteiger partial charge in [-0.05, 0) is 18.6 Å². The van der Waals surface area contributed by atoms with Gasteiger partial charge < -0.3 is 5.11 Å². The molecule has 1 N–H and O–H groups in total. The van der Waals surface area contributed by atoms with Crippen LogP contribution in [0.2, 0.25) is 0 Å². The van der Waals surface area contributed by atoms with Crippen molar-refractivity contribution in [2.45, 2.75) is 17.8 Å². The first kappa shape index (κ1) is 12.1. The largest absolute Gasteiger partial charge is 0.465 e. The summed E-state index contributed by atoms with van der Waals surface area (Å²) in [6.07, 6.45) is -0.870. The molecule has 82 valence electrons. The lowest BCUT2D eigenvalue weighted by atomic mass is 10.3. The summed E-state index contributed by atoms with van der Waals surface area (Å²) < 4.78 is -1.44. The van der Waals surface area contributed by atoms with Crippen LogP contribution in [-0.4, -0.2) is 15.7 Å². The summed E-state index contributed by atoms with van der Waals surface area (Å²) in [5.74, 6) is 0. The van der Waals surface area contributed by atoms with Crippen LogP contribution < -0.4 is 4.90 Å². The Hall–Kier alpha value is -0.930. The van der Waals surface area contributed by atoms with Gasteiger partial charge in [-0.1, -0.05) is 48.3 Å². The molecule has 15 heavy (non-hydrogen) atoms. The van der Waals surface area contributed by atoms with Gasteiger partial charge >= 0.3 is 6.09 Å². The third kappa shape index (κ3) is 2.76. The SMILES string of the molecule is CCC(Cl)(Cl)N(C(=O)O)c1ccccc1. The monoisotopic (exact) mass is 247 g/mol. The highest BCUT2D eigenvalue weighted by Crippen LogP contribution is 2.34. The van der Waals surface area contributed by atoms with E-state index < -0.39 is 10.6 Å². The van der Waals surface area contributed by atoms with Gasteiger partial charge in [0.15, 0.2) is 4.46 Å². The van der Waals surface area contributed by atoms with E-state index in [2.05, 4.69) is 0 Å². The van der Waals surface area contributed by atoms with Crippen molar-refractivity contribution in [1.29, 1.82) is 0 Å². The molecule has 1 aromatic carbocycles. The molecule has 1 rings (SSSR count). The molecule has 1 aromatic rings. The molecule has 0 unspecified atom stereocenters. The van der Waals surface area contributed by atoms with Crippen molar-refractivity contribution in [3.8, 4) is 0 Å². The second-order valence-electron chi connectivity index (χ2n) is 2.97. The van der Waals surface area contributed by atoms with E-state index in [-0.39, 0.29) is 0 Å². The lowest BCUT2D eigenvalue weighted by Gasteiger charge is -2.30. The topological polar surface area (TPSA) is 40.5 Å². The molecule has 3 nitrogen and oxygen atoms in total. The van der Waals surface area contributed by atoms with Crippen molar-refractivity contribution in [1.82, 2.24) is 0 Å². The van der Waals surface area contributed by atoms with E-state index >= 15 is 0 Å². The zero-order chi connectivity index (χ0) is 11.5. The normalized spacial score (nSPS) is 11.1. The van der Waals surface area contributed by atoms with Gasteiger partial charge in [0.25, 0.3) is 0 Å². The molecule has 0 atom stereocenters. The molecule has 1 amide bonds. The summed E-state index contributed by atoms with van der Waals surface area (Å²) in [5.41, 5.74) is 0.455. The van der Waals surface area contributed by atoms with Crippen LogP contribution in [0, 0.1) is 0 Å². The van der Waals surface area contributed by atoms with Crippen LogP contribution in [0.5, 0.6) is 0 Å². The average Bonchev–Trinajstić information content (AvgIpc) is 2.18. The van der Waals surface area contributed by atoms with Crippen molar-refractivity contribution in [2.75, 3.05) is 4.90 Å². The van der Waals surface area contributed by atoms with E-state index in [0.717, 1.165) is 4.90 Å². The van der Waals surface area contributed by atoms with Crippen molar-refractivity contribution in [3.05, 3.63) is 30.3 Å². The zero-order valence-electron chi connectivity index (χ0n) is 8.15. The lowest BCUT2D eigenvalue weighted by Crippen LogP contribution is -2.43. The fourth-order valence-corrected chi connectivity index (χ4v) is 1.51. The predicted octanol–water partition coefficient (Wildman–Crippen LogP) is 3.71. The summed E-state index contributed by atoms with van der Waals surface area (Å²) in [7, 11) is 0. The van der Waals surface area contributed by atoms with Gasteiger partial charge in [-0.2, -0.15) is 0 Å². The van der Waals surface area contributed by atoms with Gasteiger partial charge in [-0.25, -0.2) is 9.69 Å². The molecule has 0 saturated carbocycles. The van der Waals surface area contributed by atoms with Crippen molar-refractivity contribution in [3.63, 3.8) is 0 Å². The molecular formula is C10H11Cl2NO2. The smallest absolute Gasteiger partial charge is 0.414 e. The highest BCUT2D eigenvalue weighted by atomic mass is 35.5. The highest BCUT2D eigenvalue weighted by molar-refractivity contribution is 6.50. The summed E-state index contributed by atoms with van der Waals surface area (Å²) in [6, 6.07) is 8.53. The number of carbonyl (C=O) groups is 1. The number of hydrogen-bond donors (Lipinski definition) is 1. The van der Waals surface area contributed by atoms with E-state index in [1.165, 1.54) is 0 Å². The second kappa shape index (κ2) is 4.73. The van der Waals surface area contributed by atoms with Crippen LogP contribution in [-0.2, 0) is 0 Å². The number of anilines is 1. The summed E-state index contributed by atoms with van der Waals surface area (Å²) >= 11 is 11.9. The number of benzene rings is 1. The van der Waals surface area contributed by atoms with E-state index in [4.69, 9.17) is 28.3 Å². The number of nitrogens with zero attached hydrogens (tertiary/aromatic N) is 1. The first-order valence-electron chi connectivity index (χ1n) is 4.45. The first-order chi connectivity index (χ1) is 6.99. The van der Waals surface area contributed by atoms with E-state index in [0.29, 0.717) is 12.1 Å². The van der Waals surface area contributed by atoms with Gasteiger partial charge in [-0.3, -0.25) is 0 Å². The average molecular weight is 248 g/mol. The van der Waals surface area contributed by atoms with Crippen molar-refractivity contribution >= 4 is 35.0 Å². The fraction of sp³-hybridized carbons (Fsp3) is 0.300. The van der Waals surface area contributed by atoms with E-state index in [9.17, 15) is 4.79 Å². The Morgan fingerprint density at radius 2 is 1.93 bits per heavy atom. The third-order valence-electron chi connectivity index (χ3n) is 1.96. The molecule has 0 radical (unpaired) electrons. The van der Waals surface area contributed by atoms with Crippen LogP contribution in [0.3, 0.4) is 0 Å². The number of rotatable bonds is 3. The summed E-state index contributed by atoms with van der Waals surface area (Å²) in [6.45, 7) is 1.72. The maximum atomic E-state index is 11.1. The van der Waals surface area contributed by atoms with Crippen LogP contribution >= 0.6 is 23.2 Å². The van der Waals surface area contributed by atoms with Gasteiger partial charge in [-0.15, -0.1) is 0 Å². The van der Waals surface area contributed by atoms with E-state index in [1.807, 2.05) is 0 Å². The zero-order valence-corrected chi connectivity index (χ0v) is 9.66. The Balaban J connectivity index is 3.10. The molecule has 0 saturated heterocycles. The van der Waals surface area contributed by atoms with Crippen LogP contribution in [0.1, 0.15) is 13.3 Å². The molecule has 0 aliphatic carbocycles. The lowest BCUT2D eigenvalue weighted by molar-refractivity contribution is 0.200. The Labute approximate surface area is 98.2 Å². The Kier molecular flexibility index (Phi) is 3.83. The fourth-order valence-electron chi connectivity index (χ4n) is 1.17. The van der Waals surface area contributed by atoms with Crippen LogP contribution in [0.25, 0.3) is 0 Å². The standard InChI is InChI=1S/C10H11Cl2NO2/c1-2-10(11,12)13(9(14)15)8-6-4-3-5-7-8/h3-7H,2H2,1H3,(H,14,15). The molecule has 0 bridgehead atoms. The number of carboxylic acid groups (broad SMARTS) is 1. The third-order valence-corrected chi connectivity index (χ3v) is 2.83. The molecule has 0 fully saturated rings. The molecular weight excluding hydrogens is 237 g/mol. The maximum Gasteiger partial charge on any atom is 0.414 e. The number of para-hydroxylation sites is 1. The van der Waals surface area contributed by atoms with Gasteiger partial charge in [0.1, 0.15) is 0 Å². The molecule has 0 spiro atoms. The molecule has 0 heterocycles. The maximum absolute atomic E-state index is 11.1. The van der Waals surface area contributed by atoms with E-state index in [1.54, 1.807) is 37.3 Å². The van der Waals surface area contributed by atoms with Gasteiger partial charge in [0.05, 0.1) is 5.69 Å². The van der Waals surface area contributed by atoms with Crippen molar-refractivity contribution in [2.24, 2.45) is 0 Å². The molecule has 0 aromatic heterocycles. The van der Waals surface area contributed by atoms with Crippen LogP contribution in [0.15, 0.2) is 30.3 Å². The number of halogens is 2. The first-order valence-corrected chi connectivity index (χ1v) is 5.20. The second-order valence-corrected chi connectivity index (χ2v) is 4.42. The number of hydrogen-bond acceptors (Lipinski definition) is 1. The minimum absolute atomic E-state index is 0.303. The van der Waals surface area contributed by atoms with Crippen molar-refractivity contribution < 1.29 is 9.90 Å². The Bertz CT molecular complexity index is 341. The predicted molar refractivity (Wildman–Crippen MR) is 61.7 cm³/mol. The summed E-state index contributed by atoms with van der Waals surface area (Å²) in [4.78, 5) is 12.0. The van der Waals surface area contributed by atoms with Gasteiger partial charge in [0.2, 0.25) is 0 Å². The van der Waals surface area contributed by atoms with Gasteiger partial charge in [0, 0.05) is 0 Å². The number of alkyl halides is 2. The summed E-state index contributed by atoms with van der Waals surface area (Å²) in [5, 5.41) is 9.05.